The molecule has 2 aromatic carbocycles. The lowest BCUT2D eigenvalue weighted by Crippen LogP contribution is -2.52. The Bertz CT molecular complexity index is 843. The van der Waals surface area contributed by atoms with Gasteiger partial charge in [-0.1, -0.05) is 48.0 Å². The lowest BCUT2D eigenvalue weighted by Gasteiger charge is -2.31. The Morgan fingerprint density at radius 2 is 1.70 bits per heavy atom. The average molecular weight is 401 g/mol. The molecule has 0 aliphatic heterocycles. The van der Waals surface area contributed by atoms with E-state index in [-0.39, 0.29) is 5.69 Å². The molecular formula is C18H16ClF3N2O3. The Labute approximate surface area is 158 Å². The van der Waals surface area contributed by atoms with E-state index >= 15 is 0 Å². The van der Waals surface area contributed by atoms with Crippen LogP contribution in [0, 0.1) is 6.92 Å². The molecule has 1 atom stereocenters. The number of halogens is 4. The van der Waals surface area contributed by atoms with Gasteiger partial charge >= 0.3 is 18.0 Å². The van der Waals surface area contributed by atoms with Crippen LogP contribution in [0.1, 0.15) is 11.1 Å². The number of amides is 2. The summed E-state index contributed by atoms with van der Waals surface area (Å²) in [6.07, 6.45) is -5.07. The number of hydrogen-bond donors (Lipinski definition) is 3. The van der Waals surface area contributed by atoms with E-state index in [4.69, 9.17) is 11.6 Å². The van der Waals surface area contributed by atoms with Gasteiger partial charge in [-0.2, -0.15) is 13.2 Å². The van der Waals surface area contributed by atoms with Gasteiger partial charge in [0.25, 0.3) is 0 Å². The summed E-state index contributed by atoms with van der Waals surface area (Å²) in [6.45, 7) is 0.433. The van der Waals surface area contributed by atoms with E-state index in [1.165, 1.54) is 24.3 Å². The van der Waals surface area contributed by atoms with E-state index in [1.54, 1.807) is 19.1 Å². The Morgan fingerprint density at radius 1 is 1.07 bits per heavy atom. The summed E-state index contributed by atoms with van der Waals surface area (Å²) in [5, 5.41) is 14.5. The molecule has 2 amide bonds. The van der Waals surface area contributed by atoms with Gasteiger partial charge in [0.15, 0.2) is 0 Å². The maximum absolute atomic E-state index is 13.4. The van der Waals surface area contributed by atoms with Crippen LogP contribution in [0.15, 0.2) is 48.5 Å². The van der Waals surface area contributed by atoms with Crippen molar-refractivity contribution in [3.63, 3.8) is 0 Å². The number of aliphatic hydroxyl groups is 1. The number of aryl methyl sites for hydroxylation is 1. The normalized spacial score (nSPS) is 13.6. The highest BCUT2D eigenvalue weighted by Gasteiger charge is 2.55. The fourth-order valence-corrected chi connectivity index (χ4v) is 2.45. The molecule has 0 spiro atoms. The highest BCUT2D eigenvalue weighted by atomic mass is 35.5. The molecule has 0 radical (unpaired) electrons. The molecule has 0 aliphatic rings. The van der Waals surface area contributed by atoms with Gasteiger partial charge in [-0.25, -0.2) is 0 Å². The first-order valence-corrected chi connectivity index (χ1v) is 8.12. The van der Waals surface area contributed by atoms with Crippen LogP contribution in [-0.4, -0.2) is 29.6 Å². The predicted octanol–water partition coefficient (Wildman–Crippen LogP) is 3.15. The second-order valence-corrected chi connectivity index (χ2v) is 6.26. The molecule has 0 fully saturated rings. The zero-order chi connectivity index (χ0) is 20.2. The van der Waals surface area contributed by atoms with E-state index in [0.29, 0.717) is 10.6 Å². The minimum absolute atomic E-state index is 0.247. The molecule has 5 nitrogen and oxygen atoms in total. The van der Waals surface area contributed by atoms with Gasteiger partial charge in [-0.05, 0) is 30.2 Å². The van der Waals surface area contributed by atoms with Crippen LogP contribution in [0.25, 0.3) is 0 Å². The fraction of sp³-hybridized carbons (Fsp3) is 0.222. The molecular weight excluding hydrogens is 385 g/mol. The predicted molar refractivity (Wildman–Crippen MR) is 94.2 cm³/mol. The van der Waals surface area contributed by atoms with Crippen LogP contribution in [-0.2, 0) is 15.2 Å². The quantitative estimate of drug-likeness (QED) is 0.690. The van der Waals surface area contributed by atoms with Crippen molar-refractivity contribution in [2.24, 2.45) is 0 Å². The first-order chi connectivity index (χ1) is 12.5. The summed E-state index contributed by atoms with van der Waals surface area (Å²) in [7, 11) is 0. The molecule has 0 aliphatic carbocycles. The Balaban J connectivity index is 2.12. The van der Waals surface area contributed by atoms with Gasteiger partial charge in [0, 0.05) is 10.7 Å². The smallest absolute Gasteiger partial charge is 0.375 e. The van der Waals surface area contributed by atoms with Gasteiger partial charge in [-0.3, -0.25) is 9.59 Å². The zero-order valence-corrected chi connectivity index (χ0v) is 14.9. The first kappa shape index (κ1) is 20.7. The summed E-state index contributed by atoms with van der Waals surface area (Å²) in [6, 6.07) is 10.9. The number of nitrogens with one attached hydrogen (secondary N) is 2. The van der Waals surface area contributed by atoms with Gasteiger partial charge in [-0.15, -0.1) is 0 Å². The van der Waals surface area contributed by atoms with Crippen molar-refractivity contribution < 1.29 is 27.9 Å². The Hall–Kier alpha value is -2.58. The summed E-state index contributed by atoms with van der Waals surface area (Å²) in [5.74, 6) is -2.51. The van der Waals surface area contributed by atoms with E-state index in [2.05, 4.69) is 5.32 Å². The molecule has 2 aromatic rings. The molecule has 144 valence electrons. The average Bonchev–Trinajstić information content (AvgIpc) is 2.62. The molecule has 2 rings (SSSR count). The van der Waals surface area contributed by atoms with E-state index in [1.807, 2.05) is 5.32 Å². The third kappa shape index (κ3) is 4.78. The number of carbonyl (C=O) groups is 2. The number of rotatable bonds is 4. The molecule has 9 heteroatoms. The van der Waals surface area contributed by atoms with Crippen molar-refractivity contribution in [1.29, 1.82) is 0 Å². The first-order valence-electron chi connectivity index (χ1n) is 7.74. The van der Waals surface area contributed by atoms with Crippen LogP contribution in [0.3, 0.4) is 0 Å². The van der Waals surface area contributed by atoms with Crippen molar-refractivity contribution in [3.05, 3.63) is 64.7 Å². The van der Waals surface area contributed by atoms with Crippen LogP contribution >= 0.6 is 11.6 Å². The molecule has 3 N–H and O–H groups in total. The van der Waals surface area contributed by atoms with Gasteiger partial charge in [0.2, 0.25) is 5.60 Å². The monoisotopic (exact) mass is 400 g/mol. The molecule has 0 bridgehead atoms. The van der Waals surface area contributed by atoms with Crippen molar-refractivity contribution in [3.8, 4) is 0 Å². The van der Waals surface area contributed by atoms with Crippen molar-refractivity contribution in [2.45, 2.75) is 18.7 Å². The largest absolute Gasteiger partial charge is 0.423 e. The third-order valence-corrected chi connectivity index (χ3v) is 4.11. The van der Waals surface area contributed by atoms with E-state index < -0.39 is 35.7 Å². The maximum Gasteiger partial charge on any atom is 0.423 e. The minimum atomic E-state index is -5.07. The second kappa shape index (κ2) is 7.98. The standard InChI is InChI=1S/C18H16ClF3N2O3/c1-11-7-8-13(19)9-14(11)24-16(26)15(25)23-10-17(27,18(20,21)22)12-5-3-2-4-6-12/h2-9,27H,10H2,1H3,(H,23,25)(H,24,26). The molecule has 27 heavy (non-hydrogen) atoms. The van der Waals surface area contributed by atoms with Crippen LogP contribution < -0.4 is 10.6 Å². The minimum Gasteiger partial charge on any atom is -0.375 e. The Morgan fingerprint density at radius 3 is 2.30 bits per heavy atom. The van der Waals surface area contributed by atoms with Crippen molar-refractivity contribution in [1.82, 2.24) is 5.32 Å². The second-order valence-electron chi connectivity index (χ2n) is 5.82. The molecule has 0 heterocycles. The summed E-state index contributed by atoms with van der Waals surface area (Å²) < 4.78 is 40.1. The lowest BCUT2D eigenvalue weighted by molar-refractivity contribution is -0.264. The molecule has 0 saturated carbocycles. The molecule has 1 unspecified atom stereocenters. The number of benzene rings is 2. The highest BCUT2D eigenvalue weighted by molar-refractivity contribution is 6.40. The number of anilines is 1. The summed E-state index contributed by atoms with van der Waals surface area (Å²) in [4.78, 5) is 23.9. The number of hydrogen-bond acceptors (Lipinski definition) is 3. The van der Waals surface area contributed by atoms with Crippen molar-refractivity contribution >= 4 is 29.1 Å². The third-order valence-electron chi connectivity index (χ3n) is 3.88. The topological polar surface area (TPSA) is 78.4 Å². The van der Waals surface area contributed by atoms with Crippen LogP contribution in [0.5, 0.6) is 0 Å². The van der Waals surface area contributed by atoms with E-state index in [0.717, 1.165) is 12.1 Å². The van der Waals surface area contributed by atoms with Crippen molar-refractivity contribution in [2.75, 3.05) is 11.9 Å². The zero-order valence-electron chi connectivity index (χ0n) is 14.1. The van der Waals surface area contributed by atoms with Gasteiger partial charge in [0.1, 0.15) is 0 Å². The Kier molecular flexibility index (Phi) is 6.12. The SMILES string of the molecule is Cc1ccc(Cl)cc1NC(=O)C(=O)NCC(O)(c1ccccc1)C(F)(F)F. The summed E-state index contributed by atoms with van der Waals surface area (Å²) >= 11 is 5.81. The highest BCUT2D eigenvalue weighted by Crippen LogP contribution is 2.38. The number of carbonyl (C=O) groups excluding carboxylic acids is 2. The van der Waals surface area contributed by atoms with Crippen LogP contribution in [0.4, 0.5) is 18.9 Å². The van der Waals surface area contributed by atoms with E-state index in [9.17, 15) is 27.9 Å². The summed E-state index contributed by atoms with van der Waals surface area (Å²) in [5.41, 5.74) is -2.94. The van der Waals surface area contributed by atoms with Gasteiger partial charge in [0.05, 0.1) is 6.54 Å². The fourth-order valence-electron chi connectivity index (χ4n) is 2.28. The molecule has 0 aromatic heterocycles. The maximum atomic E-state index is 13.4. The van der Waals surface area contributed by atoms with Crippen LogP contribution in [0.2, 0.25) is 5.02 Å². The van der Waals surface area contributed by atoms with Gasteiger partial charge < -0.3 is 15.7 Å². The molecule has 0 saturated heterocycles. The lowest BCUT2D eigenvalue weighted by atomic mass is 9.93. The number of alkyl halides is 3.